The zero-order valence-electron chi connectivity index (χ0n) is 16.7. The van der Waals surface area contributed by atoms with Gasteiger partial charge in [-0.3, -0.25) is 9.59 Å². The number of rotatable bonds is 10. The Bertz CT molecular complexity index is 1190. The first-order valence-corrected chi connectivity index (χ1v) is 12.0. The van der Waals surface area contributed by atoms with Gasteiger partial charge in [0.25, 0.3) is 0 Å². The van der Waals surface area contributed by atoms with Crippen LogP contribution in [0.5, 0.6) is 5.75 Å². The second-order valence-corrected chi connectivity index (χ2v) is 9.45. The molecule has 11 nitrogen and oxygen atoms in total. The second kappa shape index (κ2) is 10.0. The predicted octanol–water partition coefficient (Wildman–Crippen LogP) is 1.62. The molecule has 170 valence electrons. The third kappa shape index (κ3) is 6.13. The van der Waals surface area contributed by atoms with Crippen LogP contribution in [-0.4, -0.2) is 33.8 Å². The highest BCUT2D eigenvalue weighted by atomic mass is 32.2. The van der Waals surface area contributed by atoms with E-state index in [4.69, 9.17) is 0 Å². The van der Waals surface area contributed by atoms with E-state index in [-0.39, 0.29) is 23.6 Å². The highest BCUT2D eigenvalue weighted by Crippen LogP contribution is 2.33. The summed E-state index contributed by atoms with van der Waals surface area (Å²) in [5.41, 5.74) is 3.61. The zero-order chi connectivity index (χ0) is 23.2. The van der Waals surface area contributed by atoms with Crippen LogP contribution in [0, 0.1) is 0 Å². The van der Waals surface area contributed by atoms with Gasteiger partial charge in [0.05, 0.1) is 0 Å². The summed E-state index contributed by atoms with van der Waals surface area (Å²) < 4.78 is 59.4. The third-order valence-corrected chi connectivity index (χ3v) is 6.30. The van der Waals surface area contributed by atoms with Gasteiger partial charge in [-0.2, -0.15) is 16.8 Å². The SMILES string of the molecule is CCCC(=O)NOS(=O)(=O)c1cc(O)cc2c(S(=O)(=O)ONC(=O)CCC)cccc12. The number of phenolic OH excluding ortho intramolecular Hbond substituents is 1. The predicted molar refractivity (Wildman–Crippen MR) is 108 cm³/mol. The quantitative estimate of drug-likeness (QED) is 0.434. The van der Waals surface area contributed by atoms with Crippen LogP contribution in [0.25, 0.3) is 10.8 Å². The number of amides is 2. The molecule has 0 fully saturated rings. The van der Waals surface area contributed by atoms with Crippen LogP contribution in [0.2, 0.25) is 0 Å². The van der Waals surface area contributed by atoms with Crippen molar-refractivity contribution in [3.8, 4) is 5.75 Å². The molecule has 2 aromatic rings. The van der Waals surface area contributed by atoms with Crippen molar-refractivity contribution in [3.63, 3.8) is 0 Å². The molecule has 0 radical (unpaired) electrons. The number of nitrogens with one attached hydrogen (secondary N) is 2. The minimum Gasteiger partial charge on any atom is -0.508 e. The molecule has 0 aliphatic carbocycles. The van der Waals surface area contributed by atoms with Crippen LogP contribution in [0.1, 0.15) is 39.5 Å². The summed E-state index contributed by atoms with van der Waals surface area (Å²) in [4.78, 5) is 22.0. The smallest absolute Gasteiger partial charge is 0.318 e. The molecule has 3 N–H and O–H groups in total. The number of hydrogen-bond donors (Lipinski definition) is 3. The topological polar surface area (TPSA) is 165 Å². The molecule has 0 saturated heterocycles. The van der Waals surface area contributed by atoms with Crippen molar-refractivity contribution in [3.05, 3.63) is 30.3 Å². The lowest BCUT2D eigenvalue weighted by atomic mass is 10.1. The van der Waals surface area contributed by atoms with Crippen LogP contribution in [0.4, 0.5) is 0 Å². The fourth-order valence-electron chi connectivity index (χ4n) is 2.58. The molecule has 0 bridgehead atoms. The van der Waals surface area contributed by atoms with Crippen molar-refractivity contribution < 1.29 is 40.1 Å². The van der Waals surface area contributed by atoms with Gasteiger partial charge in [-0.05, 0) is 25.0 Å². The number of aromatic hydroxyl groups is 1. The first-order chi connectivity index (χ1) is 14.5. The van der Waals surface area contributed by atoms with Crippen molar-refractivity contribution in [1.29, 1.82) is 0 Å². The first-order valence-electron chi connectivity index (χ1n) is 9.22. The van der Waals surface area contributed by atoms with E-state index in [0.717, 1.165) is 18.2 Å². The average molecular weight is 475 g/mol. The fourth-order valence-corrected chi connectivity index (χ4v) is 4.56. The lowest BCUT2D eigenvalue weighted by molar-refractivity contribution is -0.128. The van der Waals surface area contributed by atoms with E-state index in [1.165, 1.54) is 12.1 Å². The van der Waals surface area contributed by atoms with Gasteiger partial charge in [-0.25, -0.2) is 11.0 Å². The van der Waals surface area contributed by atoms with E-state index in [2.05, 4.69) is 8.57 Å². The number of hydroxylamine groups is 2. The fraction of sp³-hybridized carbons (Fsp3) is 0.333. The van der Waals surface area contributed by atoms with Gasteiger partial charge < -0.3 is 5.11 Å². The molecule has 0 heterocycles. The van der Waals surface area contributed by atoms with Gasteiger partial charge in [-0.15, -0.1) is 8.57 Å². The van der Waals surface area contributed by atoms with E-state index < -0.39 is 47.6 Å². The van der Waals surface area contributed by atoms with Crippen molar-refractivity contribution in [1.82, 2.24) is 11.0 Å². The number of phenols is 1. The summed E-state index contributed by atoms with van der Waals surface area (Å²) in [6.07, 6.45) is 0.989. The maximum absolute atomic E-state index is 12.6. The highest BCUT2D eigenvalue weighted by molar-refractivity contribution is 7.87. The monoisotopic (exact) mass is 474 g/mol. The number of fused-ring (bicyclic) bond motifs is 1. The lowest BCUT2D eigenvalue weighted by Gasteiger charge is -2.13. The Morgan fingerprint density at radius 1 is 0.839 bits per heavy atom. The molecular weight excluding hydrogens is 452 g/mol. The Morgan fingerprint density at radius 2 is 1.35 bits per heavy atom. The Labute approximate surface area is 179 Å². The molecule has 0 aliphatic rings. The summed E-state index contributed by atoms with van der Waals surface area (Å²) in [7, 11) is -9.18. The maximum Gasteiger partial charge on any atom is 0.318 e. The summed E-state index contributed by atoms with van der Waals surface area (Å²) in [6, 6.07) is 5.52. The summed E-state index contributed by atoms with van der Waals surface area (Å²) in [5.74, 6) is -1.91. The van der Waals surface area contributed by atoms with Gasteiger partial charge >= 0.3 is 20.2 Å². The average Bonchev–Trinajstić information content (AvgIpc) is 2.70. The Kier molecular flexibility index (Phi) is 7.95. The first kappa shape index (κ1) is 24.5. The Morgan fingerprint density at radius 3 is 1.87 bits per heavy atom. The standard InChI is InChI=1S/C18H22N2O9S2/c1-3-6-17(22)19-28-30(24,25)15-9-5-8-13-14(15)10-12(21)11-16(13)31(26,27)29-20-18(23)7-4-2/h5,8-11,21H,3-4,6-7H2,1-2H3,(H,19,22)(H,20,23). The van der Waals surface area contributed by atoms with Crippen LogP contribution in [0.3, 0.4) is 0 Å². The molecule has 0 aromatic heterocycles. The second-order valence-electron chi connectivity index (χ2n) is 6.42. The van der Waals surface area contributed by atoms with Crippen molar-refractivity contribution in [2.75, 3.05) is 0 Å². The van der Waals surface area contributed by atoms with Gasteiger partial charge in [0, 0.05) is 29.7 Å². The number of benzene rings is 2. The number of hydrogen-bond acceptors (Lipinski definition) is 9. The van der Waals surface area contributed by atoms with Crippen LogP contribution in [-0.2, 0) is 38.4 Å². The van der Waals surface area contributed by atoms with Crippen LogP contribution in [0.15, 0.2) is 40.1 Å². The zero-order valence-corrected chi connectivity index (χ0v) is 18.4. The van der Waals surface area contributed by atoms with E-state index in [9.17, 15) is 31.5 Å². The van der Waals surface area contributed by atoms with Gasteiger partial charge in [0.15, 0.2) is 0 Å². The molecule has 2 aromatic carbocycles. The number of carbonyl (C=O) groups is 2. The molecule has 2 amide bonds. The molecule has 31 heavy (non-hydrogen) atoms. The van der Waals surface area contributed by atoms with E-state index in [1.807, 2.05) is 5.48 Å². The largest absolute Gasteiger partial charge is 0.508 e. The molecule has 0 saturated carbocycles. The highest BCUT2D eigenvalue weighted by Gasteiger charge is 2.26. The van der Waals surface area contributed by atoms with E-state index >= 15 is 0 Å². The maximum atomic E-state index is 12.6. The van der Waals surface area contributed by atoms with Gasteiger partial charge in [0.1, 0.15) is 15.5 Å². The van der Waals surface area contributed by atoms with E-state index in [1.54, 1.807) is 19.3 Å². The van der Waals surface area contributed by atoms with Crippen molar-refractivity contribution in [2.24, 2.45) is 0 Å². The molecule has 13 heteroatoms. The molecule has 0 spiro atoms. The normalized spacial score (nSPS) is 11.9. The minimum atomic E-state index is -4.62. The molecule has 0 aliphatic heterocycles. The summed E-state index contributed by atoms with van der Waals surface area (Å²) in [5, 5.41) is 9.68. The number of carbonyl (C=O) groups excluding carboxylic acids is 2. The minimum absolute atomic E-state index is 0.0276. The summed E-state index contributed by atoms with van der Waals surface area (Å²) in [6.45, 7) is 3.43. The summed E-state index contributed by atoms with van der Waals surface area (Å²) >= 11 is 0. The molecule has 0 unspecified atom stereocenters. The Hall–Kier alpha value is -2.74. The Balaban J connectivity index is 2.49. The van der Waals surface area contributed by atoms with Crippen molar-refractivity contribution >= 4 is 42.8 Å². The molecule has 2 rings (SSSR count). The van der Waals surface area contributed by atoms with Crippen molar-refractivity contribution in [2.45, 2.75) is 49.3 Å². The van der Waals surface area contributed by atoms with E-state index in [0.29, 0.717) is 12.8 Å². The molecular formula is C18H22N2O9S2. The van der Waals surface area contributed by atoms with Gasteiger partial charge in [0.2, 0.25) is 11.8 Å². The van der Waals surface area contributed by atoms with Gasteiger partial charge in [-0.1, -0.05) is 26.0 Å². The molecule has 0 atom stereocenters. The lowest BCUT2D eigenvalue weighted by Crippen LogP contribution is -2.27. The van der Waals surface area contributed by atoms with Crippen LogP contribution < -0.4 is 11.0 Å². The third-order valence-electron chi connectivity index (χ3n) is 3.93. The van der Waals surface area contributed by atoms with Crippen LogP contribution >= 0.6 is 0 Å².